The number of aliphatic hydroxyl groups is 1. The lowest BCUT2D eigenvalue weighted by atomic mass is 10.1. The highest BCUT2D eigenvalue weighted by Crippen LogP contribution is 2.40. The molecule has 4 atom stereocenters. The fourth-order valence-electron chi connectivity index (χ4n) is 4.30. The molecule has 0 aromatic heterocycles. The van der Waals surface area contributed by atoms with Gasteiger partial charge in [0.05, 0.1) is 17.5 Å². The zero-order valence-corrected chi connectivity index (χ0v) is 18.9. The van der Waals surface area contributed by atoms with E-state index in [1.165, 1.54) is 34.1 Å². The Kier molecular flexibility index (Phi) is 6.64. The van der Waals surface area contributed by atoms with Gasteiger partial charge < -0.3 is 15.7 Å². The third-order valence-corrected chi connectivity index (χ3v) is 8.10. The Balaban J connectivity index is 1.41. The molecule has 2 fully saturated rings. The number of nitrogens with zero attached hydrogens (tertiary/aromatic N) is 1. The largest absolute Gasteiger partial charge is 0.395 e. The van der Waals surface area contributed by atoms with Gasteiger partial charge in [0.15, 0.2) is 0 Å². The van der Waals surface area contributed by atoms with Crippen LogP contribution in [0.1, 0.15) is 34.7 Å². The van der Waals surface area contributed by atoms with E-state index >= 15 is 0 Å². The molecule has 1 saturated heterocycles. The SMILES string of the molecule is C=CC(=O)NC1CC(CO)N(S(=O)(=O)c2ccc(C(=O)N[C@@H]3CC3c3ccccc3)cc2)C1. The van der Waals surface area contributed by atoms with Crippen LogP contribution in [0.3, 0.4) is 0 Å². The van der Waals surface area contributed by atoms with Crippen LogP contribution >= 0.6 is 0 Å². The number of hydrogen-bond acceptors (Lipinski definition) is 5. The standard InChI is InChI=1S/C24H27N3O5S/c1-2-23(29)25-18-12-19(15-28)27(14-18)33(31,32)20-10-8-17(9-11-20)24(30)26-22-13-21(22)16-6-4-3-5-7-16/h2-11,18-19,21-22,28H,1,12-15H2,(H,25,29)(H,26,30)/t18?,19?,21?,22-/m1/s1. The van der Waals surface area contributed by atoms with Crippen molar-refractivity contribution in [3.05, 3.63) is 78.4 Å². The highest BCUT2D eigenvalue weighted by molar-refractivity contribution is 7.89. The smallest absolute Gasteiger partial charge is 0.251 e. The van der Waals surface area contributed by atoms with Crippen molar-refractivity contribution in [3.63, 3.8) is 0 Å². The molecule has 4 rings (SSSR count). The maximum atomic E-state index is 13.2. The zero-order valence-electron chi connectivity index (χ0n) is 18.1. The molecular weight excluding hydrogens is 442 g/mol. The summed E-state index contributed by atoms with van der Waals surface area (Å²) in [5.74, 6) is -0.338. The monoisotopic (exact) mass is 469 g/mol. The van der Waals surface area contributed by atoms with Gasteiger partial charge in [0.1, 0.15) is 0 Å². The number of amides is 2. The average Bonchev–Trinajstić information content (AvgIpc) is 3.47. The van der Waals surface area contributed by atoms with E-state index < -0.39 is 28.0 Å². The lowest BCUT2D eigenvalue weighted by Crippen LogP contribution is -2.39. The number of benzene rings is 2. The molecule has 1 saturated carbocycles. The molecule has 0 radical (unpaired) electrons. The molecule has 8 nitrogen and oxygen atoms in total. The van der Waals surface area contributed by atoms with Crippen LogP contribution in [-0.2, 0) is 14.8 Å². The molecule has 3 N–H and O–H groups in total. The molecule has 9 heteroatoms. The Morgan fingerprint density at radius 2 is 1.76 bits per heavy atom. The maximum absolute atomic E-state index is 13.2. The molecule has 174 valence electrons. The minimum absolute atomic E-state index is 0.0294. The van der Waals surface area contributed by atoms with Gasteiger partial charge in [-0.05, 0) is 48.7 Å². The fraction of sp³-hybridized carbons (Fsp3) is 0.333. The van der Waals surface area contributed by atoms with Crippen LogP contribution in [0.25, 0.3) is 0 Å². The Labute approximate surface area is 193 Å². The van der Waals surface area contributed by atoms with Gasteiger partial charge in [0, 0.05) is 30.1 Å². The van der Waals surface area contributed by atoms with Gasteiger partial charge in [-0.15, -0.1) is 0 Å². The second kappa shape index (κ2) is 9.46. The molecule has 1 aliphatic heterocycles. The second-order valence-corrected chi connectivity index (χ2v) is 10.3. The van der Waals surface area contributed by atoms with E-state index in [0.29, 0.717) is 17.9 Å². The average molecular weight is 470 g/mol. The van der Waals surface area contributed by atoms with Crippen molar-refractivity contribution in [1.29, 1.82) is 0 Å². The summed E-state index contributed by atoms with van der Waals surface area (Å²) in [6.07, 6.45) is 2.31. The van der Waals surface area contributed by atoms with Crippen molar-refractivity contribution in [2.45, 2.75) is 41.8 Å². The number of carbonyl (C=O) groups is 2. The molecule has 1 heterocycles. The molecule has 0 spiro atoms. The Morgan fingerprint density at radius 1 is 1.06 bits per heavy atom. The predicted molar refractivity (Wildman–Crippen MR) is 123 cm³/mol. The zero-order chi connectivity index (χ0) is 23.6. The summed E-state index contributed by atoms with van der Waals surface area (Å²) in [6.45, 7) is 3.09. The van der Waals surface area contributed by atoms with Crippen LogP contribution in [0.2, 0.25) is 0 Å². The molecule has 2 amide bonds. The molecule has 3 unspecified atom stereocenters. The predicted octanol–water partition coefficient (Wildman–Crippen LogP) is 1.40. The summed E-state index contributed by atoms with van der Waals surface area (Å²) in [6, 6.07) is 14.8. The number of sulfonamides is 1. The van der Waals surface area contributed by atoms with Crippen molar-refractivity contribution in [2.24, 2.45) is 0 Å². The van der Waals surface area contributed by atoms with Gasteiger partial charge in [0.2, 0.25) is 15.9 Å². The van der Waals surface area contributed by atoms with Crippen LogP contribution in [0, 0.1) is 0 Å². The quantitative estimate of drug-likeness (QED) is 0.506. The highest BCUT2D eigenvalue weighted by Gasteiger charge is 2.41. The van der Waals surface area contributed by atoms with E-state index in [2.05, 4.69) is 17.2 Å². The molecule has 33 heavy (non-hydrogen) atoms. The number of hydrogen-bond donors (Lipinski definition) is 3. The van der Waals surface area contributed by atoms with Crippen LogP contribution < -0.4 is 10.6 Å². The molecule has 2 aliphatic rings. The van der Waals surface area contributed by atoms with Crippen molar-refractivity contribution in [1.82, 2.24) is 14.9 Å². The first-order chi connectivity index (χ1) is 15.8. The van der Waals surface area contributed by atoms with Gasteiger partial charge in [0.25, 0.3) is 5.91 Å². The summed E-state index contributed by atoms with van der Waals surface area (Å²) in [5, 5.41) is 15.4. The van der Waals surface area contributed by atoms with E-state index in [-0.39, 0.29) is 30.0 Å². The van der Waals surface area contributed by atoms with Crippen molar-refractivity contribution >= 4 is 21.8 Å². The van der Waals surface area contributed by atoms with E-state index in [4.69, 9.17) is 0 Å². The third kappa shape index (κ3) is 5.00. The van der Waals surface area contributed by atoms with Gasteiger partial charge in [-0.1, -0.05) is 36.9 Å². The summed E-state index contributed by atoms with van der Waals surface area (Å²) in [5.41, 5.74) is 1.57. The first-order valence-electron chi connectivity index (χ1n) is 10.8. The van der Waals surface area contributed by atoms with Crippen LogP contribution in [0.4, 0.5) is 0 Å². The molecule has 2 aromatic rings. The Bertz CT molecular complexity index is 1130. The highest BCUT2D eigenvalue weighted by atomic mass is 32.2. The van der Waals surface area contributed by atoms with Gasteiger partial charge in [-0.25, -0.2) is 8.42 Å². The van der Waals surface area contributed by atoms with Crippen LogP contribution in [0.15, 0.2) is 72.1 Å². The number of nitrogens with one attached hydrogen (secondary N) is 2. The van der Waals surface area contributed by atoms with Crippen molar-refractivity contribution in [3.8, 4) is 0 Å². The molecule has 1 aliphatic carbocycles. The van der Waals surface area contributed by atoms with Gasteiger partial charge in [-0.3, -0.25) is 9.59 Å². The fourth-order valence-corrected chi connectivity index (χ4v) is 5.97. The van der Waals surface area contributed by atoms with Crippen molar-refractivity contribution < 1.29 is 23.1 Å². The normalized spacial score (nSPS) is 24.8. The van der Waals surface area contributed by atoms with Gasteiger partial charge in [-0.2, -0.15) is 4.31 Å². The Morgan fingerprint density at radius 3 is 2.39 bits per heavy atom. The second-order valence-electron chi connectivity index (χ2n) is 8.41. The minimum atomic E-state index is -3.91. The van der Waals surface area contributed by atoms with E-state index in [1.54, 1.807) is 0 Å². The number of carbonyl (C=O) groups excluding carboxylic acids is 2. The Hall–Kier alpha value is -3.01. The summed E-state index contributed by atoms with van der Waals surface area (Å²) in [7, 11) is -3.91. The summed E-state index contributed by atoms with van der Waals surface area (Å²) >= 11 is 0. The first-order valence-corrected chi connectivity index (χ1v) is 12.3. The first kappa shape index (κ1) is 23.2. The van der Waals surface area contributed by atoms with E-state index in [1.807, 2.05) is 30.3 Å². The molecular formula is C24H27N3O5S. The molecule has 2 aromatic carbocycles. The lowest BCUT2D eigenvalue weighted by molar-refractivity contribution is -0.117. The minimum Gasteiger partial charge on any atom is -0.395 e. The van der Waals surface area contributed by atoms with Crippen molar-refractivity contribution in [2.75, 3.05) is 13.2 Å². The van der Waals surface area contributed by atoms with E-state index in [9.17, 15) is 23.1 Å². The summed E-state index contributed by atoms with van der Waals surface area (Å²) in [4.78, 5) is 24.2. The number of aliphatic hydroxyl groups excluding tert-OH is 1. The molecule has 0 bridgehead atoms. The van der Waals surface area contributed by atoms with E-state index in [0.717, 1.165) is 12.5 Å². The van der Waals surface area contributed by atoms with Crippen LogP contribution in [-0.4, -0.2) is 60.9 Å². The summed E-state index contributed by atoms with van der Waals surface area (Å²) < 4.78 is 27.5. The maximum Gasteiger partial charge on any atom is 0.251 e. The lowest BCUT2D eigenvalue weighted by Gasteiger charge is -2.22. The number of rotatable bonds is 8. The topological polar surface area (TPSA) is 116 Å². The van der Waals surface area contributed by atoms with Gasteiger partial charge >= 0.3 is 0 Å². The third-order valence-electron chi connectivity index (χ3n) is 6.16. The van der Waals surface area contributed by atoms with Crippen LogP contribution in [0.5, 0.6) is 0 Å².